The summed E-state index contributed by atoms with van der Waals surface area (Å²) < 4.78 is 35.7. The molecule has 0 N–H and O–H groups in total. The Morgan fingerprint density at radius 3 is 2.25 bits per heavy atom. The third kappa shape index (κ3) is 5.68. The van der Waals surface area contributed by atoms with Crippen LogP contribution in [-0.2, 0) is 20.7 Å². The van der Waals surface area contributed by atoms with Gasteiger partial charge in [-0.15, -0.1) is 0 Å². The van der Waals surface area contributed by atoms with Gasteiger partial charge in [0.2, 0.25) is 0 Å². The molecule has 0 aromatic heterocycles. The summed E-state index contributed by atoms with van der Waals surface area (Å²) >= 11 is 0. The van der Waals surface area contributed by atoms with Crippen LogP contribution in [0.2, 0.25) is 0 Å². The summed E-state index contributed by atoms with van der Waals surface area (Å²) in [5.41, 5.74) is 2.07. The molecule has 146 valence electrons. The Morgan fingerprint density at radius 2 is 1.54 bits per heavy atom. The first-order valence-corrected chi connectivity index (χ1v) is 10.6. The monoisotopic (exact) mass is 396 g/mol. The fourth-order valence-corrected chi connectivity index (χ4v) is 3.82. The average molecular weight is 397 g/mol. The SMILES string of the molecule is Cc1ccc(S(=O)(=O)OCC(C)Cc2cccc(Oc3ccccc3)c2)cc1. The van der Waals surface area contributed by atoms with Gasteiger partial charge in [0.05, 0.1) is 11.5 Å². The van der Waals surface area contributed by atoms with Crippen LogP contribution >= 0.6 is 0 Å². The van der Waals surface area contributed by atoms with Crippen molar-refractivity contribution in [3.63, 3.8) is 0 Å². The van der Waals surface area contributed by atoms with E-state index in [2.05, 4.69) is 0 Å². The third-order valence-electron chi connectivity index (χ3n) is 4.28. The van der Waals surface area contributed by atoms with E-state index in [0.29, 0.717) is 6.42 Å². The van der Waals surface area contributed by atoms with E-state index < -0.39 is 10.1 Å². The van der Waals surface area contributed by atoms with E-state index >= 15 is 0 Å². The number of para-hydroxylation sites is 1. The Bertz CT molecular complexity index is 996. The summed E-state index contributed by atoms with van der Waals surface area (Å²) in [6.07, 6.45) is 0.690. The number of aryl methyl sites for hydroxylation is 1. The first-order chi connectivity index (χ1) is 13.4. The zero-order valence-electron chi connectivity index (χ0n) is 16.0. The second-order valence-electron chi connectivity index (χ2n) is 6.92. The molecule has 0 spiro atoms. The van der Waals surface area contributed by atoms with Crippen LogP contribution in [0.15, 0.2) is 83.8 Å². The molecule has 4 nitrogen and oxygen atoms in total. The Hall–Kier alpha value is -2.63. The molecule has 0 heterocycles. The van der Waals surface area contributed by atoms with Crippen molar-refractivity contribution in [2.24, 2.45) is 5.92 Å². The quantitative estimate of drug-likeness (QED) is 0.480. The molecule has 1 unspecified atom stereocenters. The molecule has 3 aromatic carbocycles. The lowest BCUT2D eigenvalue weighted by Gasteiger charge is -2.13. The van der Waals surface area contributed by atoms with Crippen LogP contribution in [0.25, 0.3) is 0 Å². The fourth-order valence-electron chi connectivity index (χ4n) is 2.80. The van der Waals surface area contributed by atoms with Crippen molar-refractivity contribution in [1.82, 2.24) is 0 Å². The molecule has 0 bridgehead atoms. The second kappa shape index (κ2) is 9.04. The van der Waals surface area contributed by atoms with Gasteiger partial charge in [0, 0.05) is 0 Å². The van der Waals surface area contributed by atoms with Crippen LogP contribution in [0.5, 0.6) is 11.5 Å². The molecule has 0 amide bonds. The molecule has 28 heavy (non-hydrogen) atoms. The minimum atomic E-state index is -3.74. The van der Waals surface area contributed by atoms with E-state index in [1.807, 2.05) is 68.4 Å². The normalized spacial score (nSPS) is 12.5. The number of benzene rings is 3. The van der Waals surface area contributed by atoms with Gasteiger partial charge in [0.1, 0.15) is 11.5 Å². The molecule has 0 saturated heterocycles. The second-order valence-corrected chi connectivity index (χ2v) is 8.54. The molecule has 0 aliphatic carbocycles. The number of rotatable bonds is 8. The molecule has 0 radical (unpaired) electrons. The number of ether oxygens (including phenoxy) is 1. The molecule has 0 aliphatic rings. The lowest BCUT2D eigenvalue weighted by molar-refractivity contribution is 0.264. The minimum Gasteiger partial charge on any atom is -0.457 e. The highest BCUT2D eigenvalue weighted by Gasteiger charge is 2.17. The van der Waals surface area contributed by atoms with Crippen LogP contribution in [-0.4, -0.2) is 15.0 Å². The summed E-state index contributed by atoms with van der Waals surface area (Å²) in [5, 5.41) is 0. The predicted molar refractivity (Wildman–Crippen MR) is 110 cm³/mol. The Morgan fingerprint density at radius 1 is 0.857 bits per heavy atom. The number of hydrogen-bond donors (Lipinski definition) is 0. The summed E-state index contributed by atoms with van der Waals surface area (Å²) in [6.45, 7) is 4.00. The van der Waals surface area contributed by atoms with Crippen molar-refractivity contribution in [2.75, 3.05) is 6.61 Å². The van der Waals surface area contributed by atoms with E-state index in [4.69, 9.17) is 8.92 Å². The van der Waals surface area contributed by atoms with Crippen molar-refractivity contribution >= 4 is 10.1 Å². The highest BCUT2D eigenvalue weighted by Crippen LogP contribution is 2.23. The van der Waals surface area contributed by atoms with E-state index in [9.17, 15) is 8.42 Å². The fraction of sp³-hybridized carbons (Fsp3) is 0.217. The molecular formula is C23H24O4S. The van der Waals surface area contributed by atoms with Gasteiger partial charge < -0.3 is 4.74 Å². The molecule has 0 fully saturated rings. The Labute approximate surface area is 166 Å². The first kappa shape index (κ1) is 20.1. The average Bonchev–Trinajstić information content (AvgIpc) is 2.68. The van der Waals surface area contributed by atoms with Crippen molar-refractivity contribution in [2.45, 2.75) is 25.2 Å². The lowest BCUT2D eigenvalue weighted by Crippen LogP contribution is -2.14. The zero-order valence-corrected chi connectivity index (χ0v) is 16.9. The minimum absolute atomic E-state index is 0.0344. The number of hydrogen-bond acceptors (Lipinski definition) is 4. The predicted octanol–water partition coefficient (Wildman–Crippen LogP) is 5.37. The zero-order chi connectivity index (χ0) is 20.0. The maximum absolute atomic E-state index is 12.3. The summed E-state index contributed by atoms with van der Waals surface area (Å²) in [5.74, 6) is 1.57. The lowest BCUT2D eigenvalue weighted by atomic mass is 10.0. The molecule has 0 aliphatic heterocycles. The van der Waals surface area contributed by atoms with Gasteiger partial charge in [0.25, 0.3) is 10.1 Å². The molecule has 5 heteroatoms. The van der Waals surface area contributed by atoms with E-state index in [1.54, 1.807) is 24.3 Å². The first-order valence-electron chi connectivity index (χ1n) is 9.20. The molecular weight excluding hydrogens is 372 g/mol. The summed E-state index contributed by atoms with van der Waals surface area (Å²) in [6, 6.07) is 24.1. The smallest absolute Gasteiger partial charge is 0.296 e. The molecule has 3 rings (SSSR count). The summed E-state index contributed by atoms with van der Waals surface area (Å²) in [7, 11) is -3.74. The molecule has 1 atom stereocenters. The highest BCUT2D eigenvalue weighted by atomic mass is 32.2. The van der Waals surface area contributed by atoms with Gasteiger partial charge in [-0.2, -0.15) is 8.42 Å². The molecule has 3 aromatic rings. The Kier molecular flexibility index (Phi) is 6.49. The highest BCUT2D eigenvalue weighted by molar-refractivity contribution is 7.86. The van der Waals surface area contributed by atoms with Crippen molar-refractivity contribution < 1.29 is 17.3 Å². The summed E-state index contributed by atoms with van der Waals surface area (Å²) in [4.78, 5) is 0.184. The van der Waals surface area contributed by atoms with Crippen molar-refractivity contribution in [3.05, 3.63) is 90.0 Å². The van der Waals surface area contributed by atoms with E-state index in [1.165, 1.54) is 0 Å². The van der Waals surface area contributed by atoms with Crippen LogP contribution in [0.4, 0.5) is 0 Å². The van der Waals surface area contributed by atoms with Gasteiger partial charge in [-0.3, -0.25) is 4.18 Å². The van der Waals surface area contributed by atoms with E-state index in [-0.39, 0.29) is 17.4 Å². The van der Waals surface area contributed by atoms with Crippen LogP contribution in [0.1, 0.15) is 18.1 Å². The van der Waals surface area contributed by atoms with Crippen LogP contribution < -0.4 is 4.74 Å². The third-order valence-corrected chi connectivity index (χ3v) is 5.57. The van der Waals surface area contributed by atoms with Gasteiger partial charge in [-0.1, -0.05) is 55.0 Å². The maximum Gasteiger partial charge on any atom is 0.296 e. The van der Waals surface area contributed by atoms with Gasteiger partial charge in [-0.05, 0) is 61.2 Å². The topological polar surface area (TPSA) is 52.6 Å². The van der Waals surface area contributed by atoms with Crippen molar-refractivity contribution in [1.29, 1.82) is 0 Å². The van der Waals surface area contributed by atoms with Gasteiger partial charge >= 0.3 is 0 Å². The van der Waals surface area contributed by atoms with E-state index in [0.717, 1.165) is 22.6 Å². The Balaban J connectivity index is 1.58. The van der Waals surface area contributed by atoms with Gasteiger partial charge in [0.15, 0.2) is 0 Å². The van der Waals surface area contributed by atoms with Crippen LogP contribution in [0, 0.1) is 12.8 Å². The van der Waals surface area contributed by atoms with Gasteiger partial charge in [-0.25, -0.2) is 0 Å². The standard InChI is InChI=1S/C23H24O4S/c1-18-11-13-23(14-12-18)28(24,25)26-17-19(2)15-20-7-6-10-22(16-20)27-21-8-4-3-5-9-21/h3-14,16,19H,15,17H2,1-2H3. The van der Waals surface area contributed by atoms with Crippen molar-refractivity contribution in [3.8, 4) is 11.5 Å². The maximum atomic E-state index is 12.3. The van der Waals surface area contributed by atoms with Crippen LogP contribution in [0.3, 0.4) is 0 Å². The molecule has 0 saturated carbocycles. The largest absolute Gasteiger partial charge is 0.457 e.